The van der Waals surface area contributed by atoms with Crippen LogP contribution in [0.1, 0.15) is 57.2 Å². The smallest absolute Gasteiger partial charge is 0.150 e. The number of anilines is 3. The molecule has 2 aromatic heterocycles. The number of aliphatic hydroxyl groups is 1. The van der Waals surface area contributed by atoms with Gasteiger partial charge in [-0.2, -0.15) is 0 Å². The molecule has 6 heteroatoms. The van der Waals surface area contributed by atoms with Gasteiger partial charge in [0.1, 0.15) is 22.9 Å². The third-order valence-corrected chi connectivity index (χ3v) is 4.77. The number of rotatable bonds is 5. The fraction of sp³-hybridized carbons (Fsp3) is 0.435. The third-order valence-electron chi connectivity index (χ3n) is 4.77. The molecule has 1 aliphatic carbocycles. The van der Waals surface area contributed by atoms with E-state index in [2.05, 4.69) is 43.3 Å². The van der Waals surface area contributed by atoms with Crippen molar-refractivity contribution in [1.82, 2.24) is 15.0 Å². The maximum Gasteiger partial charge on any atom is 0.150 e. The van der Waals surface area contributed by atoms with Crippen LogP contribution in [0.2, 0.25) is 0 Å². The molecule has 1 saturated carbocycles. The Kier molecular flexibility index (Phi) is 6.69. The zero-order chi connectivity index (χ0) is 20.7. The number of nitrogens with zero attached hydrogens (tertiary/aromatic N) is 3. The largest absolute Gasteiger partial charge is 0.384 e. The van der Waals surface area contributed by atoms with E-state index in [0.717, 1.165) is 17.8 Å². The summed E-state index contributed by atoms with van der Waals surface area (Å²) in [6.45, 7) is 4.23. The van der Waals surface area contributed by atoms with Gasteiger partial charge in [0, 0.05) is 18.8 Å². The molecule has 1 fully saturated rings. The van der Waals surface area contributed by atoms with E-state index in [0.29, 0.717) is 23.2 Å². The van der Waals surface area contributed by atoms with E-state index >= 15 is 0 Å². The lowest BCUT2D eigenvalue weighted by atomic mass is 9.89. The Morgan fingerprint density at radius 3 is 2.52 bits per heavy atom. The number of hydrogen-bond donors (Lipinski definition) is 3. The number of aromatic nitrogens is 3. The quantitative estimate of drug-likeness (QED) is 0.676. The zero-order valence-electron chi connectivity index (χ0n) is 17.0. The topological polar surface area (TPSA) is 83.0 Å². The fourth-order valence-electron chi connectivity index (χ4n) is 3.23. The second kappa shape index (κ2) is 9.41. The summed E-state index contributed by atoms with van der Waals surface area (Å²) in [5, 5.41) is 16.6. The van der Waals surface area contributed by atoms with Crippen LogP contribution in [0.3, 0.4) is 0 Å². The molecule has 0 amide bonds. The van der Waals surface area contributed by atoms with Gasteiger partial charge in [0.2, 0.25) is 0 Å². The molecule has 0 spiro atoms. The molecule has 0 unspecified atom stereocenters. The molecule has 0 atom stereocenters. The van der Waals surface area contributed by atoms with Gasteiger partial charge in [0.15, 0.2) is 0 Å². The van der Waals surface area contributed by atoms with Gasteiger partial charge in [-0.3, -0.25) is 0 Å². The Bertz CT molecular complexity index is 923. The standard InChI is InChI=1S/C23H27N5O/c1-4-19-15-27-22(16-24-19)28-21-12-20(25-13-17-8-6-5-7-9-17)18(14-26-21)10-11-23(2,3)29/h1,12,14-17,29H,5-9,13H2,2-3H3,(H2,25,26,27,28). The average Bonchev–Trinajstić information content (AvgIpc) is 2.72. The van der Waals surface area contributed by atoms with Gasteiger partial charge < -0.3 is 15.7 Å². The molecule has 1 aliphatic rings. The highest BCUT2D eigenvalue weighted by Crippen LogP contribution is 2.26. The van der Waals surface area contributed by atoms with E-state index in [1.165, 1.54) is 38.3 Å². The van der Waals surface area contributed by atoms with E-state index in [1.807, 2.05) is 6.07 Å². The molecule has 2 aromatic rings. The number of pyridine rings is 1. The normalized spacial score (nSPS) is 14.4. The molecule has 29 heavy (non-hydrogen) atoms. The predicted molar refractivity (Wildman–Crippen MR) is 116 cm³/mol. The second-order valence-corrected chi connectivity index (χ2v) is 7.87. The van der Waals surface area contributed by atoms with Gasteiger partial charge in [-0.1, -0.05) is 31.1 Å². The van der Waals surface area contributed by atoms with Gasteiger partial charge in [-0.05, 0) is 38.5 Å². The third kappa shape index (κ3) is 6.48. The lowest BCUT2D eigenvalue weighted by Crippen LogP contribution is -2.18. The molecule has 0 aliphatic heterocycles. The van der Waals surface area contributed by atoms with Crippen molar-refractivity contribution in [2.75, 3.05) is 17.2 Å². The van der Waals surface area contributed by atoms with E-state index < -0.39 is 5.60 Å². The monoisotopic (exact) mass is 389 g/mol. The van der Waals surface area contributed by atoms with Crippen LogP contribution in [0.15, 0.2) is 24.7 Å². The van der Waals surface area contributed by atoms with Crippen LogP contribution in [-0.2, 0) is 0 Å². The Labute approximate surface area is 172 Å². The molecule has 0 bridgehead atoms. The van der Waals surface area contributed by atoms with Crippen molar-refractivity contribution in [2.45, 2.75) is 51.6 Å². The lowest BCUT2D eigenvalue weighted by molar-refractivity contribution is 0.143. The molecule has 0 aromatic carbocycles. The van der Waals surface area contributed by atoms with Crippen molar-refractivity contribution in [3.63, 3.8) is 0 Å². The first-order valence-corrected chi connectivity index (χ1v) is 9.98. The maximum atomic E-state index is 9.94. The summed E-state index contributed by atoms with van der Waals surface area (Å²) in [6, 6.07) is 1.91. The summed E-state index contributed by atoms with van der Waals surface area (Å²) in [5.41, 5.74) is 1.06. The molecular weight excluding hydrogens is 362 g/mol. The fourth-order valence-corrected chi connectivity index (χ4v) is 3.23. The van der Waals surface area contributed by atoms with E-state index in [1.54, 1.807) is 26.2 Å². The van der Waals surface area contributed by atoms with E-state index in [4.69, 9.17) is 6.42 Å². The highest BCUT2D eigenvalue weighted by atomic mass is 16.3. The first-order chi connectivity index (χ1) is 13.9. The Hall–Kier alpha value is -3.09. The summed E-state index contributed by atoms with van der Waals surface area (Å²) in [4.78, 5) is 12.8. The molecule has 3 rings (SSSR count). The molecule has 0 saturated heterocycles. The van der Waals surface area contributed by atoms with Gasteiger partial charge in [-0.25, -0.2) is 15.0 Å². The number of terminal acetylenes is 1. The Morgan fingerprint density at radius 2 is 1.86 bits per heavy atom. The van der Waals surface area contributed by atoms with Crippen molar-refractivity contribution >= 4 is 17.3 Å². The van der Waals surface area contributed by atoms with E-state index in [-0.39, 0.29) is 0 Å². The average molecular weight is 390 g/mol. The summed E-state index contributed by atoms with van der Waals surface area (Å²) in [7, 11) is 0. The zero-order valence-corrected chi connectivity index (χ0v) is 17.0. The minimum Gasteiger partial charge on any atom is -0.384 e. The van der Waals surface area contributed by atoms with Crippen LogP contribution in [-0.4, -0.2) is 32.2 Å². The molecule has 0 radical (unpaired) electrons. The highest BCUT2D eigenvalue weighted by Gasteiger charge is 2.14. The van der Waals surface area contributed by atoms with Crippen LogP contribution in [0.4, 0.5) is 17.3 Å². The first kappa shape index (κ1) is 20.6. The van der Waals surface area contributed by atoms with Crippen molar-refractivity contribution in [3.8, 4) is 24.2 Å². The van der Waals surface area contributed by atoms with Gasteiger partial charge in [0.25, 0.3) is 0 Å². The summed E-state index contributed by atoms with van der Waals surface area (Å²) in [6.07, 6.45) is 16.6. The van der Waals surface area contributed by atoms with Gasteiger partial charge in [-0.15, -0.1) is 6.42 Å². The number of hydrogen-bond acceptors (Lipinski definition) is 6. The first-order valence-electron chi connectivity index (χ1n) is 9.98. The van der Waals surface area contributed by atoms with Crippen molar-refractivity contribution in [1.29, 1.82) is 0 Å². The molecular formula is C23H27N5O. The summed E-state index contributed by atoms with van der Waals surface area (Å²) in [5.74, 6) is 10.2. The number of nitrogens with one attached hydrogen (secondary N) is 2. The minimum absolute atomic E-state index is 0.482. The van der Waals surface area contributed by atoms with Crippen LogP contribution < -0.4 is 10.6 Å². The van der Waals surface area contributed by atoms with E-state index in [9.17, 15) is 5.11 Å². The van der Waals surface area contributed by atoms with Crippen molar-refractivity contribution < 1.29 is 5.11 Å². The van der Waals surface area contributed by atoms with Gasteiger partial charge >= 0.3 is 0 Å². The predicted octanol–water partition coefficient (Wildman–Crippen LogP) is 3.71. The molecule has 2 heterocycles. The van der Waals surface area contributed by atoms with Gasteiger partial charge in [0.05, 0.1) is 23.6 Å². The van der Waals surface area contributed by atoms with Crippen LogP contribution in [0.25, 0.3) is 0 Å². The van der Waals surface area contributed by atoms with Crippen molar-refractivity contribution in [3.05, 3.63) is 35.9 Å². The highest BCUT2D eigenvalue weighted by molar-refractivity contribution is 5.65. The second-order valence-electron chi connectivity index (χ2n) is 7.87. The minimum atomic E-state index is -1.06. The van der Waals surface area contributed by atoms with Crippen molar-refractivity contribution in [2.24, 2.45) is 5.92 Å². The summed E-state index contributed by atoms with van der Waals surface area (Å²) >= 11 is 0. The SMILES string of the molecule is C#Cc1cnc(Nc2cc(NCC3CCCCC3)c(C#CC(C)(C)O)cn2)cn1. The maximum absolute atomic E-state index is 9.94. The molecule has 3 N–H and O–H groups in total. The van der Waals surface area contributed by atoms with Crippen LogP contribution >= 0.6 is 0 Å². The Morgan fingerprint density at radius 1 is 1.10 bits per heavy atom. The lowest BCUT2D eigenvalue weighted by Gasteiger charge is -2.22. The Balaban J connectivity index is 1.80. The summed E-state index contributed by atoms with van der Waals surface area (Å²) < 4.78 is 0. The van der Waals surface area contributed by atoms with Crippen LogP contribution in [0, 0.1) is 30.1 Å². The molecule has 6 nitrogen and oxygen atoms in total. The molecule has 150 valence electrons. The van der Waals surface area contributed by atoms with Crippen LogP contribution in [0.5, 0.6) is 0 Å².